The summed E-state index contributed by atoms with van der Waals surface area (Å²) in [5.41, 5.74) is 0. The summed E-state index contributed by atoms with van der Waals surface area (Å²) in [7, 11) is -9.98. The van der Waals surface area contributed by atoms with Gasteiger partial charge in [-0.25, -0.2) is 9.13 Å². The number of hydrogen-bond donors (Lipinski definition) is 3. The first-order valence-corrected chi connectivity index (χ1v) is 40.4. The first-order valence-electron chi connectivity index (χ1n) is 37.4. The highest BCUT2D eigenvalue weighted by atomic mass is 31.2. The third-order valence-corrected chi connectivity index (χ3v) is 17.0. The number of ether oxygens (including phenoxy) is 4. The van der Waals surface area contributed by atoms with Crippen molar-refractivity contribution in [2.24, 2.45) is 0 Å². The summed E-state index contributed by atoms with van der Waals surface area (Å²) >= 11 is 0. The number of unbranched alkanes of at least 4 members (excludes halogenated alkanes) is 21. The smallest absolute Gasteiger partial charge is 0.462 e. The monoisotopic (exact) mass is 1410 g/mol. The quantitative estimate of drug-likeness (QED) is 0.0169. The molecule has 5 atom stereocenters. The summed E-state index contributed by atoms with van der Waals surface area (Å²) in [6.45, 7) is 4.48. The predicted octanol–water partition coefficient (Wildman–Crippen LogP) is 21.3. The van der Waals surface area contributed by atoms with Crippen LogP contribution in [0.25, 0.3) is 0 Å². The molecule has 0 aliphatic heterocycles. The Balaban J connectivity index is 5.42. The number of allylic oxidation sites excluding steroid dienone is 22. The van der Waals surface area contributed by atoms with E-state index >= 15 is 0 Å². The summed E-state index contributed by atoms with van der Waals surface area (Å²) in [6, 6.07) is 0. The van der Waals surface area contributed by atoms with Crippen LogP contribution in [-0.2, 0) is 65.4 Å². The van der Waals surface area contributed by atoms with E-state index in [-0.39, 0.29) is 25.7 Å². The maximum absolute atomic E-state index is 13.1. The number of phosphoric acid groups is 2. The topological polar surface area (TPSA) is 237 Å². The van der Waals surface area contributed by atoms with Crippen molar-refractivity contribution in [3.05, 3.63) is 134 Å². The lowest BCUT2D eigenvalue weighted by Crippen LogP contribution is -2.30. The number of aliphatic hydroxyl groups is 1. The highest BCUT2D eigenvalue weighted by Crippen LogP contribution is 2.45. The minimum atomic E-state index is -5.00. The Morgan fingerprint density at radius 2 is 0.582 bits per heavy atom. The third kappa shape index (κ3) is 69.7. The van der Waals surface area contributed by atoms with Gasteiger partial charge in [-0.05, 0) is 141 Å². The third-order valence-electron chi connectivity index (χ3n) is 15.1. The van der Waals surface area contributed by atoms with Crippen LogP contribution in [0.5, 0.6) is 0 Å². The van der Waals surface area contributed by atoms with Gasteiger partial charge in [0.1, 0.15) is 19.3 Å². The van der Waals surface area contributed by atoms with E-state index in [4.69, 9.17) is 37.0 Å². The summed E-state index contributed by atoms with van der Waals surface area (Å²) in [5, 5.41) is 10.6. The standard InChI is InChI=1S/C79H132O17P2/c1-5-9-13-17-21-25-29-32-34-35-36-37-39-41-45-48-52-56-60-64-77(82)90-70-75(96-79(84)66-62-58-54-50-46-42-38-33-30-26-22-18-14-10-6-2)72-94-98(87,88)92-68-73(80)67-91-97(85,86)93-71-74(95-78(83)65-61-57-53-49-43-28-24-20-16-12-8-4)69-89-76(81)63-59-55-51-47-44-40-31-27-23-19-15-11-7-3/h9,13,15,19-22,24-27,31-34,36-38,41,45,52,56,73-75,80H,5-8,10-12,14,16-18,23,28-30,35,39-40,42-44,46-51,53-55,57-72H2,1-4H3,(H,85,86)(H,87,88)/b13-9-,19-15-,24-20-,25-21-,26-22-,31-27-,34-32-,37-36-,38-33-,45-41-,56-52-. The average Bonchev–Trinajstić information content (AvgIpc) is 0.992. The molecule has 5 unspecified atom stereocenters. The van der Waals surface area contributed by atoms with Crippen molar-refractivity contribution >= 4 is 39.5 Å². The van der Waals surface area contributed by atoms with Gasteiger partial charge in [0.05, 0.1) is 26.4 Å². The van der Waals surface area contributed by atoms with Gasteiger partial charge in [-0.3, -0.25) is 37.3 Å². The van der Waals surface area contributed by atoms with Gasteiger partial charge in [-0.15, -0.1) is 0 Å². The zero-order valence-electron chi connectivity index (χ0n) is 60.9. The zero-order valence-corrected chi connectivity index (χ0v) is 62.7. The molecule has 0 aromatic rings. The molecule has 19 heteroatoms. The van der Waals surface area contributed by atoms with Crippen LogP contribution < -0.4 is 0 Å². The molecule has 0 saturated heterocycles. The maximum Gasteiger partial charge on any atom is 0.472 e. The second kappa shape index (κ2) is 70.6. The predicted molar refractivity (Wildman–Crippen MR) is 399 cm³/mol. The van der Waals surface area contributed by atoms with E-state index in [1.54, 1.807) is 0 Å². The van der Waals surface area contributed by atoms with Crippen LogP contribution in [-0.4, -0.2) is 96.7 Å². The van der Waals surface area contributed by atoms with Gasteiger partial charge in [0.15, 0.2) is 12.2 Å². The van der Waals surface area contributed by atoms with Crippen LogP contribution in [0.15, 0.2) is 134 Å². The zero-order chi connectivity index (χ0) is 71.8. The molecule has 0 aliphatic rings. The summed E-state index contributed by atoms with van der Waals surface area (Å²) < 4.78 is 68.3. The van der Waals surface area contributed by atoms with Crippen molar-refractivity contribution in [1.29, 1.82) is 0 Å². The Morgan fingerprint density at radius 1 is 0.296 bits per heavy atom. The maximum atomic E-state index is 13.1. The minimum absolute atomic E-state index is 0.0298. The van der Waals surface area contributed by atoms with Crippen molar-refractivity contribution in [3.8, 4) is 0 Å². The number of rotatable bonds is 69. The molecule has 0 rings (SSSR count). The van der Waals surface area contributed by atoms with Crippen LogP contribution in [0.1, 0.15) is 285 Å². The SMILES string of the molecule is CC/C=C\C/C=C\C/C=C\C/C=C\C/C=C\C/C=C\CCC(=O)OCC(COP(=O)(O)OCC(O)COP(=O)(O)OCC(COC(=O)CCCCCCC/C=C\C/C=C\CCC)OC(=O)CCCCCCC/C=C\CCCC)OC(=O)CCCCCCC/C=C\C/C=C\CCCCC. The Bertz CT molecular complexity index is 2380. The fourth-order valence-electron chi connectivity index (χ4n) is 9.35. The largest absolute Gasteiger partial charge is 0.472 e. The Labute approximate surface area is 593 Å². The number of carbonyl (C=O) groups excluding carboxylic acids is 4. The van der Waals surface area contributed by atoms with E-state index in [1.807, 2.05) is 18.2 Å². The molecule has 0 aliphatic carbocycles. The molecule has 0 spiro atoms. The molecule has 0 aromatic heterocycles. The van der Waals surface area contributed by atoms with Crippen molar-refractivity contribution in [3.63, 3.8) is 0 Å². The minimum Gasteiger partial charge on any atom is -0.462 e. The number of hydrogen-bond acceptors (Lipinski definition) is 15. The molecule has 0 amide bonds. The Morgan fingerprint density at radius 3 is 0.959 bits per heavy atom. The number of esters is 4. The van der Waals surface area contributed by atoms with Crippen LogP contribution >= 0.6 is 15.6 Å². The van der Waals surface area contributed by atoms with Crippen LogP contribution in [0, 0.1) is 0 Å². The summed E-state index contributed by atoms with van der Waals surface area (Å²) in [5.74, 6) is -2.32. The molecule has 98 heavy (non-hydrogen) atoms. The molecule has 560 valence electrons. The van der Waals surface area contributed by atoms with E-state index in [1.165, 1.54) is 32.1 Å². The molecule has 17 nitrogen and oxygen atoms in total. The lowest BCUT2D eigenvalue weighted by atomic mass is 10.1. The molecule has 3 N–H and O–H groups in total. The molecule has 0 bridgehead atoms. The van der Waals surface area contributed by atoms with Crippen molar-refractivity contribution in [2.75, 3.05) is 39.6 Å². The second-order valence-electron chi connectivity index (χ2n) is 24.5. The van der Waals surface area contributed by atoms with Gasteiger partial charge in [0, 0.05) is 25.7 Å². The molecule has 0 heterocycles. The van der Waals surface area contributed by atoms with Crippen molar-refractivity contribution < 1.29 is 80.2 Å². The van der Waals surface area contributed by atoms with E-state index in [0.29, 0.717) is 32.1 Å². The number of aliphatic hydroxyl groups excluding tert-OH is 1. The van der Waals surface area contributed by atoms with E-state index in [2.05, 4.69) is 143 Å². The first kappa shape index (κ1) is 93.2. The molecular formula is C79H132O17P2. The molecular weight excluding hydrogens is 1280 g/mol. The normalized spacial score (nSPS) is 14.7. The van der Waals surface area contributed by atoms with Crippen LogP contribution in [0.2, 0.25) is 0 Å². The Kier molecular flexibility index (Phi) is 67.2. The van der Waals surface area contributed by atoms with Gasteiger partial charge in [-0.1, -0.05) is 251 Å². The molecule has 0 fully saturated rings. The lowest BCUT2D eigenvalue weighted by Gasteiger charge is -2.21. The van der Waals surface area contributed by atoms with Crippen LogP contribution in [0.3, 0.4) is 0 Å². The summed E-state index contributed by atoms with van der Waals surface area (Å²) in [6.07, 6.45) is 77.5. The number of phosphoric ester groups is 2. The molecule has 0 saturated carbocycles. The van der Waals surface area contributed by atoms with Gasteiger partial charge in [-0.2, -0.15) is 0 Å². The second-order valence-corrected chi connectivity index (χ2v) is 27.4. The summed E-state index contributed by atoms with van der Waals surface area (Å²) in [4.78, 5) is 72.7. The number of carbonyl (C=O) groups is 4. The highest BCUT2D eigenvalue weighted by molar-refractivity contribution is 7.47. The highest BCUT2D eigenvalue weighted by Gasteiger charge is 2.30. The van der Waals surface area contributed by atoms with E-state index < -0.39 is 97.5 Å². The van der Waals surface area contributed by atoms with Gasteiger partial charge in [0.25, 0.3) is 0 Å². The fourth-order valence-corrected chi connectivity index (χ4v) is 10.9. The van der Waals surface area contributed by atoms with Crippen molar-refractivity contribution in [1.82, 2.24) is 0 Å². The van der Waals surface area contributed by atoms with E-state index in [9.17, 15) is 43.2 Å². The Hall–Kier alpha value is -4.80. The first-order chi connectivity index (χ1) is 47.7. The average molecular weight is 1420 g/mol. The molecule has 0 radical (unpaired) electrons. The van der Waals surface area contributed by atoms with Gasteiger partial charge in [0.2, 0.25) is 0 Å². The van der Waals surface area contributed by atoms with Crippen LogP contribution in [0.4, 0.5) is 0 Å². The van der Waals surface area contributed by atoms with Crippen molar-refractivity contribution in [2.45, 2.75) is 303 Å². The fraction of sp³-hybridized carbons (Fsp3) is 0.671. The van der Waals surface area contributed by atoms with Gasteiger partial charge < -0.3 is 33.8 Å². The van der Waals surface area contributed by atoms with E-state index in [0.717, 1.165) is 167 Å². The molecule has 0 aromatic carbocycles. The van der Waals surface area contributed by atoms with Gasteiger partial charge >= 0.3 is 39.5 Å². The lowest BCUT2D eigenvalue weighted by molar-refractivity contribution is -0.161.